The first-order valence-corrected chi connectivity index (χ1v) is 8.86. The van der Waals surface area contributed by atoms with E-state index < -0.39 is 0 Å². The van der Waals surface area contributed by atoms with Gasteiger partial charge in [0, 0.05) is 38.4 Å². The molecule has 0 aliphatic carbocycles. The van der Waals surface area contributed by atoms with Gasteiger partial charge in [-0.3, -0.25) is 4.79 Å². The zero-order chi connectivity index (χ0) is 17.2. The molecule has 2 atom stereocenters. The van der Waals surface area contributed by atoms with Crippen LogP contribution in [-0.2, 0) is 11.3 Å². The van der Waals surface area contributed by atoms with Crippen molar-refractivity contribution in [3.8, 4) is 0 Å². The van der Waals surface area contributed by atoms with Gasteiger partial charge in [0.1, 0.15) is 6.04 Å². The molecule has 2 heterocycles. The van der Waals surface area contributed by atoms with E-state index in [0.29, 0.717) is 6.54 Å². The van der Waals surface area contributed by atoms with Crippen molar-refractivity contribution in [3.63, 3.8) is 0 Å². The van der Waals surface area contributed by atoms with Crippen LogP contribution in [0.15, 0.2) is 54.6 Å². The molecule has 2 unspecified atom stereocenters. The van der Waals surface area contributed by atoms with Crippen molar-refractivity contribution < 1.29 is 4.79 Å². The number of para-hydroxylation sites is 1. The fourth-order valence-electron chi connectivity index (χ4n) is 3.72. The fraction of sp³-hybridized carbons (Fsp3) is 0.350. The molecule has 2 aromatic carbocycles. The zero-order valence-electron chi connectivity index (χ0n) is 14.5. The second kappa shape index (κ2) is 6.86. The molecule has 0 saturated carbocycles. The molecule has 2 aromatic rings. The number of carbonyl (C=O) groups excluding carboxylic acids is 1. The van der Waals surface area contributed by atoms with Gasteiger partial charge in [0.15, 0.2) is 0 Å². The minimum absolute atomic E-state index is 0.177. The van der Waals surface area contributed by atoms with E-state index in [2.05, 4.69) is 53.1 Å². The Morgan fingerprint density at radius 3 is 2.60 bits per heavy atom. The number of rotatable bonds is 2. The Balaban J connectivity index is 1.47. The molecule has 1 saturated heterocycles. The number of amides is 1. The Morgan fingerprint density at radius 2 is 1.76 bits per heavy atom. The van der Waals surface area contributed by atoms with Gasteiger partial charge >= 0.3 is 0 Å². The third-order valence-electron chi connectivity index (χ3n) is 5.18. The van der Waals surface area contributed by atoms with E-state index in [1.807, 2.05) is 29.2 Å². The van der Waals surface area contributed by atoms with E-state index >= 15 is 0 Å². The number of hydrogen-bond acceptors (Lipinski definition) is 4. The van der Waals surface area contributed by atoms with Crippen LogP contribution in [0.1, 0.15) is 23.6 Å². The van der Waals surface area contributed by atoms with Gasteiger partial charge in [0.2, 0.25) is 5.91 Å². The number of benzene rings is 2. The van der Waals surface area contributed by atoms with Gasteiger partial charge in [-0.15, -0.1) is 0 Å². The summed E-state index contributed by atoms with van der Waals surface area (Å²) in [6.45, 7) is 2.27. The zero-order valence-corrected chi connectivity index (χ0v) is 14.5. The first-order chi connectivity index (χ1) is 12.2. The molecular formula is C20H24N4O. The van der Waals surface area contributed by atoms with Crippen LogP contribution in [0, 0.1) is 0 Å². The number of carbonyl (C=O) groups is 1. The minimum atomic E-state index is -0.180. The quantitative estimate of drug-likeness (QED) is 0.881. The SMILES string of the molecule is CN1CCN(C(=O)C2CC(c3ccccc3)NN2)Cc2ccccc21. The van der Waals surface area contributed by atoms with Crippen LogP contribution in [0.4, 0.5) is 5.69 Å². The number of hydrogen-bond donors (Lipinski definition) is 2. The summed E-state index contributed by atoms with van der Waals surface area (Å²) in [5.74, 6) is 0.177. The largest absolute Gasteiger partial charge is 0.373 e. The van der Waals surface area contributed by atoms with Gasteiger partial charge in [-0.1, -0.05) is 48.5 Å². The van der Waals surface area contributed by atoms with Crippen LogP contribution in [0.25, 0.3) is 0 Å². The van der Waals surface area contributed by atoms with Crippen molar-refractivity contribution in [3.05, 3.63) is 65.7 Å². The molecular weight excluding hydrogens is 312 g/mol. The Labute approximate surface area is 148 Å². The highest BCUT2D eigenvalue weighted by Crippen LogP contribution is 2.26. The van der Waals surface area contributed by atoms with E-state index in [1.165, 1.54) is 16.8 Å². The third-order valence-corrected chi connectivity index (χ3v) is 5.18. The molecule has 2 N–H and O–H groups in total. The smallest absolute Gasteiger partial charge is 0.241 e. The first-order valence-electron chi connectivity index (χ1n) is 8.86. The number of hydrazine groups is 1. The number of nitrogens with one attached hydrogen (secondary N) is 2. The average Bonchev–Trinajstić information content (AvgIpc) is 3.09. The third kappa shape index (κ3) is 3.25. The van der Waals surface area contributed by atoms with Crippen LogP contribution in [0.5, 0.6) is 0 Å². The van der Waals surface area contributed by atoms with Crippen molar-refractivity contribution in [1.29, 1.82) is 0 Å². The molecule has 0 bridgehead atoms. The van der Waals surface area contributed by atoms with Gasteiger partial charge < -0.3 is 9.80 Å². The summed E-state index contributed by atoms with van der Waals surface area (Å²) in [4.78, 5) is 17.3. The van der Waals surface area contributed by atoms with Crippen molar-refractivity contribution >= 4 is 11.6 Å². The van der Waals surface area contributed by atoms with E-state index in [1.54, 1.807) is 0 Å². The highest BCUT2D eigenvalue weighted by molar-refractivity contribution is 5.82. The highest BCUT2D eigenvalue weighted by atomic mass is 16.2. The molecule has 0 aromatic heterocycles. The molecule has 25 heavy (non-hydrogen) atoms. The van der Waals surface area contributed by atoms with Gasteiger partial charge in [0.05, 0.1) is 0 Å². The van der Waals surface area contributed by atoms with E-state index in [4.69, 9.17) is 0 Å². The minimum Gasteiger partial charge on any atom is -0.373 e. The second-order valence-corrected chi connectivity index (χ2v) is 6.85. The highest BCUT2D eigenvalue weighted by Gasteiger charge is 2.33. The summed E-state index contributed by atoms with van der Waals surface area (Å²) >= 11 is 0. The van der Waals surface area contributed by atoms with Gasteiger partial charge in [-0.05, 0) is 23.6 Å². The maximum atomic E-state index is 13.1. The van der Waals surface area contributed by atoms with Crippen molar-refractivity contribution in [1.82, 2.24) is 15.8 Å². The number of fused-ring (bicyclic) bond motifs is 1. The predicted molar refractivity (Wildman–Crippen MR) is 99.0 cm³/mol. The summed E-state index contributed by atoms with van der Waals surface area (Å²) in [5.41, 5.74) is 10.1. The van der Waals surface area contributed by atoms with Crippen LogP contribution in [0.2, 0.25) is 0 Å². The molecule has 4 rings (SSSR count). The lowest BCUT2D eigenvalue weighted by atomic mass is 10.0. The fourth-order valence-corrected chi connectivity index (χ4v) is 3.72. The van der Waals surface area contributed by atoms with Crippen molar-refractivity contribution in [2.24, 2.45) is 0 Å². The lowest BCUT2D eigenvalue weighted by molar-refractivity contribution is -0.133. The molecule has 5 heteroatoms. The molecule has 5 nitrogen and oxygen atoms in total. The maximum Gasteiger partial charge on any atom is 0.241 e. The summed E-state index contributed by atoms with van der Waals surface area (Å²) in [7, 11) is 2.09. The normalized spacial score (nSPS) is 23.2. The maximum absolute atomic E-state index is 13.1. The number of nitrogens with zero attached hydrogens (tertiary/aromatic N) is 2. The van der Waals surface area contributed by atoms with Gasteiger partial charge in [0.25, 0.3) is 0 Å². The van der Waals surface area contributed by atoms with E-state index in [0.717, 1.165) is 19.5 Å². The topological polar surface area (TPSA) is 47.6 Å². The molecule has 1 amide bonds. The molecule has 1 fully saturated rings. The van der Waals surface area contributed by atoms with Crippen molar-refractivity contribution in [2.75, 3.05) is 25.0 Å². The van der Waals surface area contributed by atoms with E-state index in [-0.39, 0.29) is 18.0 Å². The van der Waals surface area contributed by atoms with Crippen LogP contribution < -0.4 is 15.8 Å². The lowest BCUT2D eigenvalue weighted by Crippen LogP contribution is -2.46. The Hall–Kier alpha value is -2.37. The number of likely N-dealkylation sites (N-methyl/N-ethyl adjacent to an activating group) is 1. The summed E-state index contributed by atoms with van der Waals surface area (Å²) < 4.78 is 0. The molecule has 2 aliphatic heterocycles. The summed E-state index contributed by atoms with van der Waals surface area (Å²) in [5, 5.41) is 0. The van der Waals surface area contributed by atoms with Crippen LogP contribution in [-0.4, -0.2) is 37.0 Å². The Kier molecular flexibility index (Phi) is 4.42. The number of anilines is 1. The standard InChI is InChI=1S/C20H24N4O/c1-23-11-12-24(14-16-9-5-6-10-19(16)23)20(25)18-13-17(21-22-18)15-7-3-2-4-8-15/h2-10,17-18,21-22H,11-14H2,1H3. The second-order valence-electron chi connectivity index (χ2n) is 6.85. The first kappa shape index (κ1) is 16.1. The monoisotopic (exact) mass is 336 g/mol. The Bertz CT molecular complexity index is 748. The van der Waals surface area contributed by atoms with Crippen LogP contribution >= 0.6 is 0 Å². The molecule has 2 aliphatic rings. The lowest BCUT2D eigenvalue weighted by Gasteiger charge is -2.24. The summed E-state index contributed by atoms with van der Waals surface area (Å²) in [6, 6.07) is 18.6. The Morgan fingerprint density at radius 1 is 1.00 bits per heavy atom. The van der Waals surface area contributed by atoms with Gasteiger partial charge in [-0.2, -0.15) is 0 Å². The summed E-state index contributed by atoms with van der Waals surface area (Å²) in [6.07, 6.45) is 0.775. The van der Waals surface area contributed by atoms with Gasteiger partial charge in [-0.25, -0.2) is 10.9 Å². The van der Waals surface area contributed by atoms with Crippen molar-refractivity contribution in [2.45, 2.75) is 25.0 Å². The molecule has 0 spiro atoms. The average molecular weight is 336 g/mol. The predicted octanol–water partition coefficient (Wildman–Crippen LogP) is 2.07. The molecule has 0 radical (unpaired) electrons. The van der Waals surface area contributed by atoms with Crippen LogP contribution in [0.3, 0.4) is 0 Å². The van der Waals surface area contributed by atoms with E-state index in [9.17, 15) is 4.79 Å². The molecule has 130 valence electrons.